The minimum Gasteiger partial charge on any atom is -0.481 e. The Bertz CT molecular complexity index is 1360. The second-order valence-corrected chi connectivity index (χ2v) is 7.90. The molecular formula is C27H24FN3O4. The third-order valence-corrected chi connectivity index (χ3v) is 5.32. The van der Waals surface area contributed by atoms with E-state index in [1.807, 2.05) is 31.2 Å². The number of hydrogen-bond acceptors (Lipinski definition) is 5. The largest absolute Gasteiger partial charge is 0.481 e. The van der Waals surface area contributed by atoms with Crippen molar-refractivity contribution in [1.82, 2.24) is 10.3 Å². The van der Waals surface area contributed by atoms with Crippen LogP contribution in [0.4, 0.5) is 14.9 Å². The van der Waals surface area contributed by atoms with E-state index in [9.17, 15) is 14.0 Å². The van der Waals surface area contributed by atoms with E-state index in [4.69, 9.17) is 14.5 Å². The van der Waals surface area contributed by atoms with Gasteiger partial charge in [0.25, 0.3) is 0 Å². The van der Waals surface area contributed by atoms with Crippen LogP contribution in [0.2, 0.25) is 0 Å². The van der Waals surface area contributed by atoms with Crippen molar-refractivity contribution in [3.63, 3.8) is 0 Å². The van der Waals surface area contributed by atoms with Crippen LogP contribution < -0.4 is 15.4 Å². The Hall–Kier alpha value is -4.46. The van der Waals surface area contributed by atoms with Gasteiger partial charge in [0.15, 0.2) is 6.61 Å². The highest BCUT2D eigenvalue weighted by Crippen LogP contribution is 2.32. The number of aromatic nitrogens is 1. The quantitative estimate of drug-likeness (QED) is 0.359. The molecule has 7 nitrogen and oxygen atoms in total. The molecule has 178 valence electrons. The first-order valence-electron chi connectivity index (χ1n) is 10.9. The zero-order valence-electron chi connectivity index (χ0n) is 19.3. The number of nitrogens with one attached hydrogen (secondary N) is 2. The van der Waals surface area contributed by atoms with Crippen molar-refractivity contribution in [3.8, 4) is 17.0 Å². The van der Waals surface area contributed by atoms with Crippen LogP contribution in [0.5, 0.6) is 5.75 Å². The molecule has 35 heavy (non-hydrogen) atoms. The Morgan fingerprint density at radius 3 is 2.43 bits per heavy atom. The molecule has 0 saturated heterocycles. The van der Waals surface area contributed by atoms with Crippen molar-refractivity contribution >= 4 is 28.6 Å². The van der Waals surface area contributed by atoms with Crippen molar-refractivity contribution in [2.75, 3.05) is 19.0 Å². The molecule has 0 atom stereocenters. The van der Waals surface area contributed by atoms with Gasteiger partial charge < -0.3 is 20.1 Å². The van der Waals surface area contributed by atoms with E-state index in [2.05, 4.69) is 10.6 Å². The fourth-order valence-electron chi connectivity index (χ4n) is 3.42. The van der Waals surface area contributed by atoms with E-state index < -0.39 is 12.0 Å². The predicted molar refractivity (Wildman–Crippen MR) is 132 cm³/mol. The summed E-state index contributed by atoms with van der Waals surface area (Å²) in [5, 5.41) is 6.13. The standard InChI is InChI=1S/C27H24FN3O4/c1-17-3-7-19(8-4-17)24-14-25(35-16-26(32)34-2)22-13-21(11-12-23(22)31-24)30-27(33)29-15-18-5-9-20(28)10-6-18/h3-14H,15-16H2,1-2H3,(H2,29,30,33). The van der Waals surface area contributed by atoms with Crippen LogP contribution in [-0.2, 0) is 16.1 Å². The van der Waals surface area contributed by atoms with Gasteiger partial charge in [0, 0.05) is 29.2 Å². The summed E-state index contributed by atoms with van der Waals surface area (Å²) in [5.41, 5.74) is 4.65. The molecule has 0 aliphatic carbocycles. The fourth-order valence-corrected chi connectivity index (χ4v) is 3.42. The lowest BCUT2D eigenvalue weighted by atomic mass is 10.1. The first-order chi connectivity index (χ1) is 16.9. The van der Waals surface area contributed by atoms with Crippen molar-refractivity contribution < 1.29 is 23.5 Å². The Labute approximate surface area is 201 Å². The Morgan fingerprint density at radius 2 is 1.71 bits per heavy atom. The van der Waals surface area contributed by atoms with Gasteiger partial charge in [-0.3, -0.25) is 0 Å². The number of halogens is 1. The molecule has 8 heteroatoms. The molecule has 4 aromatic rings. The summed E-state index contributed by atoms with van der Waals surface area (Å²) in [7, 11) is 1.29. The molecule has 1 heterocycles. The molecule has 0 fully saturated rings. The van der Waals surface area contributed by atoms with Crippen LogP contribution in [-0.4, -0.2) is 30.7 Å². The summed E-state index contributed by atoms with van der Waals surface area (Å²) >= 11 is 0. The fraction of sp³-hybridized carbons (Fsp3) is 0.148. The highest BCUT2D eigenvalue weighted by atomic mass is 19.1. The van der Waals surface area contributed by atoms with Gasteiger partial charge in [-0.05, 0) is 42.8 Å². The molecular weight excluding hydrogens is 449 g/mol. The van der Waals surface area contributed by atoms with Crippen LogP contribution in [0.15, 0.2) is 72.8 Å². The van der Waals surface area contributed by atoms with E-state index in [1.54, 1.807) is 36.4 Å². The number of amides is 2. The molecule has 0 radical (unpaired) electrons. The molecule has 3 aromatic carbocycles. The van der Waals surface area contributed by atoms with Gasteiger partial charge >= 0.3 is 12.0 Å². The number of rotatable bonds is 7. The monoisotopic (exact) mass is 473 g/mol. The SMILES string of the molecule is COC(=O)COc1cc(-c2ccc(C)cc2)nc2ccc(NC(=O)NCc3ccc(F)cc3)cc12. The van der Waals surface area contributed by atoms with Gasteiger partial charge in [0.05, 0.1) is 18.3 Å². The van der Waals surface area contributed by atoms with Crippen LogP contribution in [0.25, 0.3) is 22.2 Å². The maximum atomic E-state index is 13.0. The minimum absolute atomic E-state index is 0.245. The van der Waals surface area contributed by atoms with Crippen LogP contribution >= 0.6 is 0 Å². The summed E-state index contributed by atoms with van der Waals surface area (Å²) in [4.78, 5) is 28.8. The van der Waals surface area contributed by atoms with E-state index in [1.165, 1.54) is 19.2 Å². The molecule has 2 N–H and O–H groups in total. The summed E-state index contributed by atoms with van der Waals surface area (Å²) < 4.78 is 23.5. The first-order valence-corrected chi connectivity index (χ1v) is 10.9. The number of carbonyl (C=O) groups is 2. The van der Waals surface area contributed by atoms with Crippen LogP contribution in [0.3, 0.4) is 0 Å². The molecule has 0 bridgehead atoms. The molecule has 0 spiro atoms. The van der Waals surface area contributed by atoms with Gasteiger partial charge in [-0.1, -0.05) is 42.0 Å². The second-order valence-electron chi connectivity index (χ2n) is 7.90. The number of fused-ring (bicyclic) bond motifs is 1. The Morgan fingerprint density at radius 1 is 0.971 bits per heavy atom. The molecule has 2 amide bonds. The highest BCUT2D eigenvalue weighted by molar-refractivity contribution is 5.95. The van der Waals surface area contributed by atoms with Gasteiger partial charge in [-0.2, -0.15) is 0 Å². The number of urea groups is 1. The third kappa shape index (κ3) is 6.11. The van der Waals surface area contributed by atoms with Gasteiger partial charge in [-0.15, -0.1) is 0 Å². The van der Waals surface area contributed by atoms with E-state index in [0.717, 1.165) is 16.7 Å². The number of carbonyl (C=O) groups excluding carboxylic acids is 2. The number of pyridine rings is 1. The first kappa shape index (κ1) is 23.7. The molecule has 0 unspecified atom stereocenters. The lowest BCUT2D eigenvalue weighted by Gasteiger charge is -2.13. The van der Waals surface area contributed by atoms with Gasteiger partial charge in [0.1, 0.15) is 11.6 Å². The zero-order chi connectivity index (χ0) is 24.8. The number of esters is 1. The van der Waals surface area contributed by atoms with Gasteiger partial charge in [-0.25, -0.2) is 19.0 Å². The maximum Gasteiger partial charge on any atom is 0.343 e. The van der Waals surface area contributed by atoms with E-state index in [-0.39, 0.29) is 19.0 Å². The molecule has 4 rings (SSSR count). The average Bonchev–Trinajstić information content (AvgIpc) is 2.87. The maximum absolute atomic E-state index is 13.0. The smallest absolute Gasteiger partial charge is 0.343 e. The number of aryl methyl sites for hydroxylation is 1. The van der Waals surface area contributed by atoms with E-state index >= 15 is 0 Å². The Balaban J connectivity index is 1.58. The lowest BCUT2D eigenvalue weighted by molar-refractivity contribution is -0.142. The van der Waals surface area contributed by atoms with Crippen LogP contribution in [0.1, 0.15) is 11.1 Å². The number of nitrogens with zero attached hydrogens (tertiary/aromatic N) is 1. The average molecular weight is 474 g/mol. The third-order valence-electron chi connectivity index (χ3n) is 5.32. The summed E-state index contributed by atoms with van der Waals surface area (Å²) in [5.74, 6) is -0.411. The number of ether oxygens (including phenoxy) is 2. The van der Waals surface area contributed by atoms with Crippen molar-refractivity contribution in [2.45, 2.75) is 13.5 Å². The van der Waals surface area contributed by atoms with Crippen LogP contribution in [0, 0.1) is 12.7 Å². The van der Waals surface area contributed by atoms with Crippen molar-refractivity contribution in [3.05, 3.63) is 89.7 Å². The number of methoxy groups -OCH3 is 1. The zero-order valence-corrected chi connectivity index (χ0v) is 19.3. The number of anilines is 1. The number of hydrogen-bond donors (Lipinski definition) is 2. The minimum atomic E-state index is -0.513. The summed E-state index contributed by atoms with van der Waals surface area (Å²) in [6.07, 6.45) is 0. The van der Waals surface area contributed by atoms with Crippen molar-refractivity contribution in [2.24, 2.45) is 0 Å². The summed E-state index contributed by atoms with van der Waals surface area (Å²) in [6, 6.07) is 20.4. The Kier molecular flexibility index (Phi) is 7.21. The number of benzene rings is 3. The molecule has 1 aromatic heterocycles. The molecule has 0 saturated carbocycles. The highest BCUT2D eigenvalue weighted by Gasteiger charge is 2.13. The normalized spacial score (nSPS) is 10.6. The predicted octanol–water partition coefficient (Wildman–Crippen LogP) is 5.22. The topological polar surface area (TPSA) is 89.6 Å². The summed E-state index contributed by atoms with van der Waals surface area (Å²) in [6.45, 7) is 1.99. The lowest BCUT2D eigenvalue weighted by Crippen LogP contribution is -2.28. The molecule has 0 aliphatic heterocycles. The molecule has 0 aliphatic rings. The second kappa shape index (κ2) is 10.6. The van der Waals surface area contributed by atoms with Crippen molar-refractivity contribution in [1.29, 1.82) is 0 Å². The van der Waals surface area contributed by atoms with Gasteiger partial charge in [0.2, 0.25) is 0 Å². The van der Waals surface area contributed by atoms with E-state index in [0.29, 0.717) is 28.0 Å².